The second kappa shape index (κ2) is 7.40. The number of hydrogen-bond donors (Lipinski definition) is 2. The smallest absolute Gasteiger partial charge is 0.271 e. The summed E-state index contributed by atoms with van der Waals surface area (Å²) < 4.78 is 29.5. The van der Waals surface area contributed by atoms with Gasteiger partial charge < -0.3 is 4.57 Å². The summed E-state index contributed by atoms with van der Waals surface area (Å²) in [5.41, 5.74) is 3.72. The van der Waals surface area contributed by atoms with Gasteiger partial charge in [0.25, 0.3) is 5.91 Å². The Kier molecular flexibility index (Phi) is 5.21. The Bertz CT molecular complexity index is 1130. The van der Waals surface area contributed by atoms with E-state index in [2.05, 4.69) is 15.2 Å². The monoisotopic (exact) mass is 390 g/mol. The third-order valence-corrected chi connectivity index (χ3v) is 6.36. The van der Waals surface area contributed by atoms with Crippen molar-refractivity contribution in [2.24, 2.45) is 12.1 Å². The molecule has 0 unspecified atom stereocenters. The molecule has 26 heavy (non-hydrogen) atoms. The van der Waals surface area contributed by atoms with Crippen LogP contribution in [0.1, 0.15) is 17.3 Å². The van der Waals surface area contributed by atoms with Crippen LogP contribution in [0, 0.1) is 0 Å². The van der Waals surface area contributed by atoms with E-state index >= 15 is 0 Å². The molecule has 3 rings (SSSR count). The molecule has 0 atom stereocenters. The van der Waals surface area contributed by atoms with E-state index in [0.29, 0.717) is 4.80 Å². The maximum absolute atomic E-state index is 12.4. The quantitative estimate of drug-likeness (QED) is 0.651. The Labute approximate surface area is 155 Å². The number of rotatable bonds is 5. The fraction of sp³-hybridized carbons (Fsp3) is 0.176. The van der Waals surface area contributed by atoms with Crippen molar-refractivity contribution >= 4 is 37.5 Å². The highest BCUT2D eigenvalue weighted by atomic mass is 32.2. The predicted molar refractivity (Wildman–Crippen MR) is 101 cm³/mol. The highest BCUT2D eigenvalue weighted by Gasteiger charge is 2.15. The number of aromatic nitrogens is 1. The predicted octanol–water partition coefficient (Wildman–Crippen LogP) is 1.78. The minimum Gasteiger partial charge on any atom is -0.318 e. The van der Waals surface area contributed by atoms with E-state index in [1.54, 1.807) is 13.0 Å². The summed E-state index contributed by atoms with van der Waals surface area (Å²) in [5, 5.41) is 4.16. The van der Waals surface area contributed by atoms with Crippen LogP contribution in [0.2, 0.25) is 0 Å². The van der Waals surface area contributed by atoms with Crippen LogP contribution in [0.5, 0.6) is 0 Å². The number of nitrogens with one attached hydrogen (secondary N) is 2. The third-order valence-electron chi connectivity index (χ3n) is 3.71. The van der Waals surface area contributed by atoms with E-state index in [9.17, 15) is 13.2 Å². The molecule has 0 bridgehead atoms. The van der Waals surface area contributed by atoms with Crippen LogP contribution < -0.4 is 14.9 Å². The number of nitrogens with zero attached hydrogens (tertiary/aromatic N) is 2. The summed E-state index contributed by atoms with van der Waals surface area (Å²) in [6, 6.07) is 13.7. The van der Waals surface area contributed by atoms with Crippen molar-refractivity contribution in [1.82, 2.24) is 14.7 Å². The first-order valence-corrected chi connectivity index (χ1v) is 10.2. The van der Waals surface area contributed by atoms with Gasteiger partial charge in [0.05, 0.1) is 15.1 Å². The highest BCUT2D eigenvalue weighted by molar-refractivity contribution is 7.89. The van der Waals surface area contributed by atoms with Crippen molar-refractivity contribution in [2.45, 2.75) is 11.8 Å². The maximum atomic E-state index is 12.4. The lowest BCUT2D eigenvalue weighted by Crippen LogP contribution is -2.25. The molecule has 2 N–H and O–H groups in total. The van der Waals surface area contributed by atoms with E-state index < -0.39 is 15.9 Å². The van der Waals surface area contributed by atoms with Crippen molar-refractivity contribution in [3.05, 3.63) is 58.9 Å². The van der Waals surface area contributed by atoms with E-state index in [0.717, 1.165) is 10.2 Å². The Hall–Kier alpha value is -2.49. The average molecular weight is 390 g/mol. The summed E-state index contributed by atoms with van der Waals surface area (Å²) >= 11 is 1.45. The van der Waals surface area contributed by atoms with Gasteiger partial charge in [-0.15, -0.1) is 5.10 Å². The molecule has 9 heteroatoms. The van der Waals surface area contributed by atoms with Crippen LogP contribution in [0.3, 0.4) is 0 Å². The molecule has 0 saturated carbocycles. The van der Waals surface area contributed by atoms with Gasteiger partial charge in [0, 0.05) is 19.2 Å². The topological polar surface area (TPSA) is 92.6 Å². The summed E-state index contributed by atoms with van der Waals surface area (Å²) in [5.74, 6) is -0.476. The van der Waals surface area contributed by atoms with Gasteiger partial charge in [-0.1, -0.05) is 36.5 Å². The molecule has 136 valence electrons. The van der Waals surface area contributed by atoms with Gasteiger partial charge in [0.2, 0.25) is 14.8 Å². The molecule has 0 spiro atoms. The van der Waals surface area contributed by atoms with E-state index in [4.69, 9.17) is 0 Å². The molecule has 0 aliphatic rings. The molecule has 1 amide bonds. The van der Waals surface area contributed by atoms with Crippen molar-refractivity contribution in [3.8, 4) is 0 Å². The van der Waals surface area contributed by atoms with Crippen LogP contribution in [0.25, 0.3) is 10.2 Å². The summed E-state index contributed by atoms with van der Waals surface area (Å²) in [4.78, 5) is 13.0. The second-order valence-corrected chi connectivity index (χ2v) is 8.27. The average Bonchev–Trinajstić information content (AvgIpc) is 2.96. The fourth-order valence-electron chi connectivity index (χ4n) is 2.43. The zero-order valence-corrected chi connectivity index (χ0v) is 15.9. The molecule has 0 aliphatic carbocycles. The molecular weight excluding hydrogens is 372 g/mol. The van der Waals surface area contributed by atoms with Crippen LogP contribution >= 0.6 is 11.3 Å². The largest absolute Gasteiger partial charge is 0.318 e. The fourth-order valence-corrected chi connectivity index (χ4v) is 4.50. The first-order valence-electron chi connectivity index (χ1n) is 7.90. The maximum Gasteiger partial charge on any atom is 0.271 e. The van der Waals surface area contributed by atoms with Crippen molar-refractivity contribution in [1.29, 1.82) is 0 Å². The lowest BCUT2D eigenvalue weighted by atomic mass is 10.2. The number of thiazole rings is 1. The van der Waals surface area contributed by atoms with Crippen molar-refractivity contribution in [2.75, 3.05) is 6.54 Å². The summed E-state index contributed by atoms with van der Waals surface area (Å²) in [7, 11) is -1.75. The number of para-hydroxylation sites is 1. The minimum atomic E-state index is -3.62. The molecule has 0 aliphatic heterocycles. The number of carbonyl (C=O) groups excluding carboxylic acids is 1. The van der Waals surface area contributed by atoms with Crippen molar-refractivity contribution < 1.29 is 13.2 Å². The number of aryl methyl sites for hydroxylation is 1. The van der Waals surface area contributed by atoms with Crippen molar-refractivity contribution in [3.63, 3.8) is 0 Å². The number of carbonyl (C=O) groups is 1. The SMILES string of the molecule is CCNS(=O)(=O)c1cccc(C(=O)N/N=c2\sc3ccccc3n2C)c1. The van der Waals surface area contributed by atoms with E-state index in [1.165, 1.54) is 29.5 Å². The van der Waals surface area contributed by atoms with Gasteiger partial charge in [0.1, 0.15) is 0 Å². The molecular formula is C17H18N4O3S2. The third kappa shape index (κ3) is 3.69. The van der Waals surface area contributed by atoms with Crippen LogP contribution in [-0.4, -0.2) is 25.4 Å². The Morgan fingerprint density at radius 1 is 1.19 bits per heavy atom. The normalized spacial score (nSPS) is 12.5. The van der Waals surface area contributed by atoms with Gasteiger partial charge in [-0.3, -0.25) is 4.79 Å². The Balaban J connectivity index is 1.87. The van der Waals surface area contributed by atoms with Gasteiger partial charge in [-0.05, 0) is 30.3 Å². The molecule has 0 radical (unpaired) electrons. The first kappa shape index (κ1) is 18.3. The van der Waals surface area contributed by atoms with Crippen LogP contribution in [0.15, 0.2) is 58.5 Å². The van der Waals surface area contributed by atoms with E-state index in [1.807, 2.05) is 35.9 Å². The lowest BCUT2D eigenvalue weighted by molar-refractivity contribution is 0.0952. The van der Waals surface area contributed by atoms with Gasteiger partial charge in [-0.25, -0.2) is 18.6 Å². The lowest BCUT2D eigenvalue weighted by Gasteiger charge is -2.06. The van der Waals surface area contributed by atoms with Crippen LogP contribution in [0.4, 0.5) is 0 Å². The molecule has 0 saturated heterocycles. The number of amides is 1. The number of sulfonamides is 1. The zero-order chi connectivity index (χ0) is 18.7. The standard InChI is InChI=1S/C17H18N4O3S2/c1-3-18-26(23,24)13-8-6-7-12(11-13)16(22)19-20-17-21(2)14-9-4-5-10-15(14)25-17/h4-11,18H,3H2,1-2H3,(H,19,22)/b20-17-. The number of fused-ring (bicyclic) bond motifs is 1. The van der Waals surface area contributed by atoms with Gasteiger partial charge in [0.15, 0.2) is 0 Å². The minimum absolute atomic E-state index is 0.0411. The molecule has 1 heterocycles. The molecule has 1 aromatic heterocycles. The molecule has 2 aromatic carbocycles. The summed E-state index contributed by atoms with van der Waals surface area (Å²) in [6.45, 7) is 1.97. The highest BCUT2D eigenvalue weighted by Crippen LogP contribution is 2.15. The molecule has 3 aromatic rings. The van der Waals surface area contributed by atoms with Gasteiger partial charge in [-0.2, -0.15) is 0 Å². The number of benzene rings is 2. The zero-order valence-electron chi connectivity index (χ0n) is 14.3. The molecule has 7 nitrogen and oxygen atoms in total. The van der Waals surface area contributed by atoms with Gasteiger partial charge >= 0.3 is 0 Å². The summed E-state index contributed by atoms with van der Waals surface area (Å²) in [6.07, 6.45) is 0. The molecule has 0 fully saturated rings. The van der Waals surface area contributed by atoms with E-state index in [-0.39, 0.29) is 17.0 Å². The van der Waals surface area contributed by atoms with Crippen LogP contribution in [-0.2, 0) is 17.1 Å². The number of hydrogen-bond acceptors (Lipinski definition) is 5. The Morgan fingerprint density at radius 3 is 2.69 bits per heavy atom. The second-order valence-electron chi connectivity index (χ2n) is 5.49. The Morgan fingerprint density at radius 2 is 1.96 bits per heavy atom. The first-order chi connectivity index (χ1) is 12.4.